The van der Waals surface area contributed by atoms with Crippen molar-refractivity contribution in [2.24, 2.45) is 0 Å². The molecule has 2 nitrogen and oxygen atoms in total. The Balaban J connectivity index is 3.07. The van der Waals surface area contributed by atoms with Gasteiger partial charge in [0.05, 0.1) is 5.56 Å². The van der Waals surface area contributed by atoms with Crippen molar-refractivity contribution in [2.75, 3.05) is 0 Å². The maximum absolute atomic E-state index is 12.2. The largest absolute Gasteiger partial charge is 0.416 e. The van der Waals surface area contributed by atoms with Crippen LogP contribution in [0.1, 0.15) is 17.2 Å². The van der Waals surface area contributed by atoms with Crippen molar-refractivity contribution in [1.29, 1.82) is 0 Å². The summed E-state index contributed by atoms with van der Waals surface area (Å²) in [6, 6.07) is 4.03. The van der Waals surface area contributed by atoms with Crippen LogP contribution in [0.2, 0.25) is 0 Å². The normalized spacial score (nSPS) is 13.7. The van der Waals surface area contributed by atoms with Crippen LogP contribution in [0, 0.1) is 0 Å². The zero-order valence-corrected chi connectivity index (χ0v) is 6.95. The third kappa shape index (κ3) is 2.32. The number of carbonyl (C=O) groups is 1. The predicted octanol–water partition coefficient (Wildman–Crippen LogP) is 1.94. The first-order valence-electron chi connectivity index (χ1n) is 3.75. The minimum absolute atomic E-state index is 0.0603. The molecule has 1 aromatic carbocycles. The van der Waals surface area contributed by atoms with Crippen molar-refractivity contribution in [2.45, 2.75) is 12.3 Å². The lowest BCUT2D eigenvalue weighted by Gasteiger charge is -2.09. The third-order valence-corrected chi connectivity index (χ3v) is 1.68. The molecule has 0 saturated heterocycles. The molecule has 1 N–H and O–H groups in total. The van der Waals surface area contributed by atoms with Gasteiger partial charge in [0.25, 0.3) is 0 Å². The summed E-state index contributed by atoms with van der Waals surface area (Å²) < 4.78 is 36.5. The molecule has 76 valence electrons. The first kappa shape index (κ1) is 10.7. The number of alkyl halides is 3. The molecule has 1 unspecified atom stereocenters. The molecule has 0 saturated carbocycles. The fraction of sp³-hybridized carbons (Fsp3) is 0.222. The molecule has 0 amide bonds. The summed E-state index contributed by atoms with van der Waals surface area (Å²) in [5, 5.41) is 8.98. The van der Waals surface area contributed by atoms with Gasteiger partial charge in [0.1, 0.15) is 6.10 Å². The zero-order valence-electron chi connectivity index (χ0n) is 6.95. The Morgan fingerprint density at radius 1 is 1.36 bits per heavy atom. The van der Waals surface area contributed by atoms with Crippen molar-refractivity contribution in [3.63, 3.8) is 0 Å². The lowest BCUT2D eigenvalue weighted by molar-refractivity contribution is -0.137. The second-order valence-electron chi connectivity index (χ2n) is 2.70. The van der Waals surface area contributed by atoms with Crippen LogP contribution in [-0.4, -0.2) is 11.4 Å². The minimum Gasteiger partial charge on any atom is -0.381 e. The van der Waals surface area contributed by atoms with Gasteiger partial charge in [-0.2, -0.15) is 13.2 Å². The van der Waals surface area contributed by atoms with Crippen molar-refractivity contribution >= 4 is 6.29 Å². The molecule has 0 aliphatic carbocycles. The van der Waals surface area contributed by atoms with Crippen molar-refractivity contribution < 1.29 is 23.1 Å². The van der Waals surface area contributed by atoms with Gasteiger partial charge in [-0.1, -0.05) is 12.1 Å². The van der Waals surface area contributed by atoms with Crippen LogP contribution in [0.4, 0.5) is 13.2 Å². The molecular weight excluding hydrogens is 197 g/mol. The van der Waals surface area contributed by atoms with Crippen LogP contribution in [0.5, 0.6) is 0 Å². The second kappa shape index (κ2) is 3.79. The van der Waals surface area contributed by atoms with Crippen molar-refractivity contribution in [3.8, 4) is 0 Å². The predicted molar refractivity (Wildman–Crippen MR) is 42.5 cm³/mol. The number of aldehydes is 1. The highest BCUT2D eigenvalue weighted by molar-refractivity contribution is 5.59. The standard InChI is InChI=1S/C9H7F3O2/c10-9(11,12)7-3-1-2-6(4-7)8(14)5-13/h1-5,8,14H. The summed E-state index contributed by atoms with van der Waals surface area (Å²) in [6.45, 7) is 0. The Kier molecular flexibility index (Phi) is 2.90. The highest BCUT2D eigenvalue weighted by atomic mass is 19.4. The summed E-state index contributed by atoms with van der Waals surface area (Å²) in [6.07, 6.45) is -5.79. The fourth-order valence-corrected chi connectivity index (χ4v) is 0.978. The number of benzene rings is 1. The summed E-state index contributed by atoms with van der Waals surface area (Å²) >= 11 is 0. The highest BCUT2D eigenvalue weighted by Crippen LogP contribution is 2.30. The fourth-order valence-electron chi connectivity index (χ4n) is 0.978. The van der Waals surface area contributed by atoms with Gasteiger partial charge in [-0.15, -0.1) is 0 Å². The molecule has 14 heavy (non-hydrogen) atoms. The highest BCUT2D eigenvalue weighted by Gasteiger charge is 2.30. The Labute approximate surface area is 78.0 Å². The average Bonchev–Trinajstić information content (AvgIpc) is 2.15. The molecule has 0 fully saturated rings. The van der Waals surface area contributed by atoms with E-state index in [0.717, 1.165) is 18.2 Å². The van der Waals surface area contributed by atoms with Gasteiger partial charge in [-0.05, 0) is 17.7 Å². The topological polar surface area (TPSA) is 37.3 Å². The molecule has 1 atom stereocenters. The lowest BCUT2D eigenvalue weighted by atomic mass is 10.1. The van der Waals surface area contributed by atoms with E-state index < -0.39 is 17.8 Å². The SMILES string of the molecule is O=CC(O)c1cccc(C(F)(F)F)c1. The smallest absolute Gasteiger partial charge is 0.381 e. The molecule has 0 spiro atoms. The van der Waals surface area contributed by atoms with Crippen LogP contribution in [0.15, 0.2) is 24.3 Å². The number of halogens is 3. The number of aliphatic hydroxyl groups excluding tert-OH is 1. The monoisotopic (exact) mass is 204 g/mol. The Morgan fingerprint density at radius 2 is 2.00 bits per heavy atom. The van der Waals surface area contributed by atoms with E-state index in [2.05, 4.69) is 0 Å². The number of rotatable bonds is 2. The summed E-state index contributed by atoms with van der Waals surface area (Å²) in [5.74, 6) is 0. The summed E-state index contributed by atoms with van der Waals surface area (Å²) in [7, 11) is 0. The Bertz CT molecular complexity index is 333. The molecular formula is C9H7F3O2. The first-order chi connectivity index (χ1) is 6.45. The van der Waals surface area contributed by atoms with E-state index >= 15 is 0 Å². The number of aliphatic hydroxyl groups is 1. The zero-order chi connectivity index (χ0) is 10.8. The third-order valence-electron chi connectivity index (χ3n) is 1.68. The number of hydrogen-bond donors (Lipinski definition) is 1. The number of hydrogen-bond acceptors (Lipinski definition) is 2. The number of carbonyl (C=O) groups excluding carboxylic acids is 1. The quantitative estimate of drug-likeness (QED) is 0.747. The molecule has 1 rings (SSSR count). The van der Waals surface area contributed by atoms with Gasteiger partial charge >= 0.3 is 6.18 Å². The van der Waals surface area contributed by atoms with Crippen molar-refractivity contribution in [1.82, 2.24) is 0 Å². The molecule has 0 bridgehead atoms. The van der Waals surface area contributed by atoms with Gasteiger partial charge in [0.15, 0.2) is 6.29 Å². The van der Waals surface area contributed by atoms with Crippen molar-refractivity contribution in [3.05, 3.63) is 35.4 Å². The Hall–Kier alpha value is -1.36. The molecule has 0 aromatic heterocycles. The van der Waals surface area contributed by atoms with Gasteiger partial charge < -0.3 is 9.90 Å². The van der Waals surface area contributed by atoms with E-state index in [1.807, 2.05) is 0 Å². The van der Waals surface area contributed by atoms with Gasteiger partial charge in [0.2, 0.25) is 0 Å². The summed E-state index contributed by atoms with van der Waals surface area (Å²) in [4.78, 5) is 10.1. The molecule has 0 aliphatic rings. The second-order valence-corrected chi connectivity index (χ2v) is 2.70. The maximum atomic E-state index is 12.2. The maximum Gasteiger partial charge on any atom is 0.416 e. The van der Waals surface area contributed by atoms with E-state index in [4.69, 9.17) is 5.11 Å². The van der Waals surface area contributed by atoms with Gasteiger partial charge in [-0.25, -0.2) is 0 Å². The molecule has 0 radical (unpaired) electrons. The van der Waals surface area contributed by atoms with Crippen LogP contribution in [0.25, 0.3) is 0 Å². The molecule has 0 aliphatic heterocycles. The molecule has 5 heteroatoms. The van der Waals surface area contributed by atoms with Crippen LogP contribution in [0.3, 0.4) is 0 Å². The molecule has 1 aromatic rings. The van der Waals surface area contributed by atoms with E-state index in [1.165, 1.54) is 6.07 Å². The van der Waals surface area contributed by atoms with Crippen LogP contribution < -0.4 is 0 Å². The lowest BCUT2D eigenvalue weighted by Crippen LogP contribution is -2.07. The van der Waals surface area contributed by atoms with Crippen LogP contribution >= 0.6 is 0 Å². The van der Waals surface area contributed by atoms with Gasteiger partial charge in [-0.3, -0.25) is 0 Å². The van der Waals surface area contributed by atoms with E-state index in [0.29, 0.717) is 0 Å². The van der Waals surface area contributed by atoms with E-state index in [1.54, 1.807) is 0 Å². The summed E-state index contributed by atoms with van der Waals surface area (Å²) in [5.41, 5.74) is -0.939. The average molecular weight is 204 g/mol. The van der Waals surface area contributed by atoms with Crippen LogP contribution in [-0.2, 0) is 11.0 Å². The van der Waals surface area contributed by atoms with E-state index in [-0.39, 0.29) is 11.8 Å². The van der Waals surface area contributed by atoms with E-state index in [9.17, 15) is 18.0 Å². The molecule has 0 heterocycles. The Morgan fingerprint density at radius 3 is 2.50 bits per heavy atom. The minimum atomic E-state index is -4.46. The first-order valence-corrected chi connectivity index (χ1v) is 3.75. The van der Waals surface area contributed by atoms with Gasteiger partial charge in [0, 0.05) is 0 Å².